The maximum atomic E-state index is 12.3. The number of nitrogen functional groups attached to an aromatic ring is 1. The molecule has 0 saturated heterocycles. The fourth-order valence-corrected chi connectivity index (χ4v) is 3.13. The summed E-state index contributed by atoms with van der Waals surface area (Å²) in [6.45, 7) is 1.84. The maximum Gasteiger partial charge on any atom is 0.362 e. The number of fused-ring (bicyclic) bond motifs is 4. The van der Waals surface area contributed by atoms with Crippen LogP contribution in [-0.2, 0) is 4.74 Å². The second-order valence-corrected chi connectivity index (χ2v) is 5.86. The minimum absolute atomic E-state index is 0.00612. The molecule has 5 heterocycles. The third-order valence-electron chi connectivity index (χ3n) is 4.29. The summed E-state index contributed by atoms with van der Waals surface area (Å²) in [4.78, 5) is 28.8. The first-order chi connectivity index (χ1) is 13.6. The number of carbonyl (C=O) groups excluding carboxylic acids is 1. The summed E-state index contributed by atoms with van der Waals surface area (Å²) >= 11 is 0. The first-order valence-corrected chi connectivity index (χ1v) is 8.25. The molecule has 0 saturated carbocycles. The number of aromatic nitrogens is 7. The smallest absolute Gasteiger partial charge is 0.362 e. The second kappa shape index (κ2) is 5.64. The Bertz CT molecular complexity index is 1430. The van der Waals surface area contributed by atoms with E-state index in [9.17, 15) is 9.59 Å². The second-order valence-electron chi connectivity index (χ2n) is 5.86. The molecule has 0 atom stereocenters. The third-order valence-corrected chi connectivity index (χ3v) is 4.29. The van der Waals surface area contributed by atoms with Crippen molar-refractivity contribution in [3.05, 3.63) is 34.4 Å². The van der Waals surface area contributed by atoms with Gasteiger partial charge in [-0.2, -0.15) is 5.10 Å². The Labute approximate surface area is 154 Å². The van der Waals surface area contributed by atoms with Gasteiger partial charge in [0.05, 0.1) is 23.6 Å². The SMILES string of the molecule is CCOC(=O)c1nnc2c3c(-c4ccco4)c4c(=O)[nH]nc4nc3[nH]n2c1N. The Hall–Kier alpha value is -4.22. The molecule has 0 aromatic carbocycles. The average Bonchev–Trinajstić information content (AvgIpc) is 3.40. The number of rotatable bonds is 3. The van der Waals surface area contributed by atoms with Crippen molar-refractivity contribution in [1.29, 1.82) is 0 Å². The zero-order valence-corrected chi connectivity index (χ0v) is 14.4. The highest BCUT2D eigenvalue weighted by molar-refractivity contribution is 6.12. The summed E-state index contributed by atoms with van der Waals surface area (Å²) in [7, 11) is 0. The van der Waals surface area contributed by atoms with E-state index in [4.69, 9.17) is 14.9 Å². The van der Waals surface area contributed by atoms with Crippen LogP contribution in [0.1, 0.15) is 17.4 Å². The van der Waals surface area contributed by atoms with Crippen LogP contribution in [0.2, 0.25) is 0 Å². The van der Waals surface area contributed by atoms with Crippen molar-refractivity contribution in [2.24, 2.45) is 0 Å². The van der Waals surface area contributed by atoms with Crippen molar-refractivity contribution in [2.45, 2.75) is 6.92 Å². The molecule has 0 bridgehead atoms. The van der Waals surface area contributed by atoms with Gasteiger partial charge in [-0.25, -0.2) is 19.4 Å². The van der Waals surface area contributed by atoms with E-state index in [1.165, 1.54) is 10.8 Å². The average molecular weight is 380 g/mol. The Morgan fingerprint density at radius 2 is 2.21 bits per heavy atom. The lowest BCUT2D eigenvalue weighted by atomic mass is 10.1. The topological polar surface area (TPSA) is 170 Å². The van der Waals surface area contributed by atoms with Crippen LogP contribution in [0.15, 0.2) is 27.6 Å². The molecule has 0 aliphatic rings. The highest BCUT2D eigenvalue weighted by atomic mass is 16.5. The van der Waals surface area contributed by atoms with Crippen LogP contribution in [0.5, 0.6) is 0 Å². The fraction of sp³-hybridized carbons (Fsp3) is 0.125. The number of hydrogen-bond acceptors (Lipinski definition) is 9. The van der Waals surface area contributed by atoms with Gasteiger partial charge in [0.1, 0.15) is 5.76 Å². The molecule has 5 rings (SSSR count). The predicted octanol–water partition coefficient (Wildman–Crippen LogP) is 0.861. The number of esters is 1. The minimum atomic E-state index is -0.698. The molecule has 0 aliphatic heterocycles. The highest BCUT2D eigenvalue weighted by Gasteiger charge is 2.25. The number of pyridine rings is 1. The van der Waals surface area contributed by atoms with E-state index in [-0.39, 0.29) is 34.8 Å². The lowest BCUT2D eigenvalue weighted by Gasteiger charge is -2.05. The van der Waals surface area contributed by atoms with E-state index in [0.717, 1.165) is 0 Å². The fourth-order valence-electron chi connectivity index (χ4n) is 3.13. The van der Waals surface area contributed by atoms with Crippen molar-refractivity contribution in [2.75, 3.05) is 12.3 Å². The van der Waals surface area contributed by atoms with Gasteiger partial charge in [-0.05, 0) is 19.1 Å². The van der Waals surface area contributed by atoms with Gasteiger partial charge in [0.15, 0.2) is 22.8 Å². The van der Waals surface area contributed by atoms with Crippen molar-refractivity contribution in [3.8, 4) is 11.3 Å². The Morgan fingerprint density at radius 1 is 1.36 bits per heavy atom. The molecule has 0 aliphatic carbocycles. The van der Waals surface area contributed by atoms with Crippen LogP contribution in [0, 0.1) is 0 Å². The molecule has 28 heavy (non-hydrogen) atoms. The lowest BCUT2D eigenvalue weighted by Crippen LogP contribution is -2.15. The first kappa shape index (κ1) is 16.0. The van der Waals surface area contributed by atoms with Crippen LogP contribution < -0.4 is 11.3 Å². The maximum absolute atomic E-state index is 12.3. The molecule has 5 aromatic rings. The standard InChI is InChI=1S/C16H12N8O4/c1-2-27-16(26)10-11(17)24-14(21-19-10)8-7(6-4-3-5-28-6)9-12(18-13(8)23-24)20-22-15(9)25/h3-5H,2,17H2,1H3,(H,22,25)(H,18,20,23). The van der Waals surface area contributed by atoms with E-state index >= 15 is 0 Å². The summed E-state index contributed by atoms with van der Waals surface area (Å²) in [5.41, 5.74) is 6.80. The van der Waals surface area contributed by atoms with E-state index < -0.39 is 11.5 Å². The summed E-state index contributed by atoms with van der Waals surface area (Å²) in [5, 5.41) is 18.0. The van der Waals surface area contributed by atoms with Gasteiger partial charge in [0.25, 0.3) is 5.56 Å². The number of nitrogens with two attached hydrogens (primary N) is 1. The largest absolute Gasteiger partial charge is 0.464 e. The Balaban J connectivity index is 1.94. The third kappa shape index (κ3) is 2.05. The molecule has 0 spiro atoms. The number of nitrogens with zero attached hydrogens (tertiary/aromatic N) is 5. The molecule has 12 heteroatoms. The summed E-state index contributed by atoms with van der Waals surface area (Å²) < 4.78 is 11.8. The molecule has 0 radical (unpaired) electrons. The van der Waals surface area contributed by atoms with Crippen molar-refractivity contribution in [1.82, 2.24) is 35.0 Å². The van der Waals surface area contributed by atoms with E-state index in [0.29, 0.717) is 22.4 Å². The van der Waals surface area contributed by atoms with Crippen molar-refractivity contribution in [3.63, 3.8) is 0 Å². The van der Waals surface area contributed by atoms with Gasteiger partial charge < -0.3 is 14.9 Å². The van der Waals surface area contributed by atoms with E-state index in [1.807, 2.05) is 0 Å². The molecular formula is C16H12N8O4. The number of hydrogen-bond donors (Lipinski definition) is 3. The number of anilines is 1. The van der Waals surface area contributed by atoms with Gasteiger partial charge >= 0.3 is 5.97 Å². The normalized spacial score (nSPS) is 11.6. The monoisotopic (exact) mass is 380 g/mol. The zero-order chi connectivity index (χ0) is 19.4. The molecule has 5 aromatic heterocycles. The number of furan rings is 1. The Morgan fingerprint density at radius 3 is 2.96 bits per heavy atom. The molecule has 4 N–H and O–H groups in total. The molecule has 0 amide bonds. The quantitative estimate of drug-likeness (QED) is 0.384. The van der Waals surface area contributed by atoms with Gasteiger partial charge in [0, 0.05) is 5.56 Å². The number of nitrogens with one attached hydrogen (secondary N) is 2. The zero-order valence-electron chi connectivity index (χ0n) is 14.4. The van der Waals surface area contributed by atoms with Crippen LogP contribution in [0.25, 0.3) is 39.0 Å². The van der Waals surface area contributed by atoms with Crippen LogP contribution in [0.3, 0.4) is 0 Å². The van der Waals surface area contributed by atoms with Crippen LogP contribution >= 0.6 is 0 Å². The van der Waals surface area contributed by atoms with Crippen LogP contribution in [-0.4, -0.2) is 47.6 Å². The first-order valence-electron chi connectivity index (χ1n) is 8.25. The summed E-state index contributed by atoms with van der Waals surface area (Å²) in [5.74, 6) is -0.280. The van der Waals surface area contributed by atoms with Gasteiger partial charge in [0.2, 0.25) is 5.69 Å². The van der Waals surface area contributed by atoms with Crippen LogP contribution in [0.4, 0.5) is 5.82 Å². The molecule has 12 nitrogen and oxygen atoms in total. The highest BCUT2D eigenvalue weighted by Crippen LogP contribution is 2.35. The molecule has 140 valence electrons. The Kier molecular flexibility index (Phi) is 3.22. The van der Waals surface area contributed by atoms with Gasteiger partial charge in [-0.1, -0.05) is 0 Å². The predicted molar refractivity (Wildman–Crippen MR) is 96.6 cm³/mol. The molecular weight excluding hydrogens is 368 g/mol. The van der Waals surface area contributed by atoms with Gasteiger partial charge in [-0.3, -0.25) is 9.89 Å². The van der Waals surface area contributed by atoms with E-state index in [1.54, 1.807) is 19.1 Å². The summed E-state index contributed by atoms with van der Waals surface area (Å²) in [6.07, 6.45) is 1.48. The van der Waals surface area contributed by atoms with Crippen molar-refractivity contribution < 1.29 is 13.9 Å². The lowest BCUT2D eigenvalue weighted by molar-refractivity contribution is 0.0519. The summed E-state index contributed by atoms with van der Waals surface area (Å²) in [6, 6.07) is 3.40. The van der Waals surface area contributed by atoms with Crippen molar-refractivity contribution >= 4 is 39.5 Å². The van der Waals surface area contributed by atoms with Gasteiger partial charge in [-0.15, -0.1) is 10.2 Å². The van der Waals surface area contributed by atoms with E-state index in [2.05, 4.69) is 30.5 Å². The minimum Gasteiger partial charge on any atom is -0.464 e. The molecule has 0 fully saturated rings. The number of H-pyrrole nitrogens is 2. The number of aromatic amines is 2. The number of carbonyl (C=O) groups is 1. The number of ether oxygens (including phenoxy) is 1. The molecule has 0 unspecified atom stereocenters.